The average Bonchev–Trinajstić information content (AvgIpc) is 2.96. The Morgan fingerprint density at radius 3 is 2.19 bits per heavy atom. The predicted octanol–water partition coefficient (Wildman–Crippen LogP) is 3.03. The third kappa shape index (κ3) is 8.42. The molecule has 3 rings (SSSR count). The summed E-state index contributed by atoms with van der Waals surface area (Å²) in [6, 6.07) is 17.3. The normalized spacial score (nSPS) is 11.5. The van der Waals surface area contributed by atoms with Gasteiger partial charge in [-0.05, 0) is 75.0 Å². The molecule has 3 aromatic carbocycles. The summed E-state index contributed by atoms with van der Waals surface area (Å²) in [6.45, 7) is 3.53. The van der Waals surface area contributed by atoms with Crippen molar-refractivity contribution < 1.29 is 37.4 Å². The second kappa shape index (κ2) is 14.8. The number of carbonyl (C=O) groups excluding carboxylic acids is 2. The van der Waals surface area contributed by atoms with E-state index in [1.807, 2.05) is 0 Å². The zero-order valence-electron chi connectivity index (χ0n) is 23.5. The van der Waals surface area contributed by atoms with Gasteiger partial charge in [0.15, 0.2) is 0 Å². The van der Waals surface area contributed by atoms with Gasteiger partial charge in [-0.15, -0.1) is 0 Å². The lowest BCUT2D eigenvalue weighted by molar-refractivity contribution is -0.145. The maximum atomic E-state index is 13.4. The number of benzene rings is 3. The maximum Gasteiger partial charge on any atom is 0.338 e. The fraction of sp³-hybridized carbons (Fsp3) is 0.258. The molecule has 1 unspecified atom stereocenters. The van der Waals surface area contributed by atoms with Gasteiger partial charge in [-0.2, -0.15) is 0 Å². The van der Waals surface area contributed by atoms with E-state index >= 15 is 0 Å². The Bertz CT molecular complexity index is 1560. The van der Waals surface area contributed by atoms with E-state index in [1.165, 1.54) is 19.2 Å². The quantitative estimate of drug-likeness (QED) is 0.240. The summed E-state index contributed by atoms with van der Waals surface area (Å²) in [7, 11) is -2.99. The van der Waals surface area contributed by atoms with Crippen molar-refractivity contribution in [2.75, 3.05) is 26.8 Å². The van der Waals surface area contributed by atoms with Crippen LogP contribution in [0.15, 0.2) is 77.7 Å². The molecule has 0 aliphatic heterocycles. The molecule has 0 saturated heterocycles. The van der Waals surface area contributed by atoms with Crippen LogP contribution in [0.2, 0.25) is 0 Å². The zero-order chi connectivity index (χ0) is 30.7. The van der Waals surface area contributed by atoms with Gasteiger partial charge in [0.05, 0.1) is 23.6 Å². The lowest BCUT2D eigenvalue weighted by atomic mass is 10.0. The first-order chi connectivity index (χ1) is 20.1. The fourth-order valence-electron chi connectivity index (χ4n) is 3.91. The topological polar surface area (TPSA) is 139 Å². The van der Waals surface area contributed by atoms with Gasteiger partial charge in [0.2, 0.25) is 0 Å². The van der Waals surface area contributed by atoms with Gasteiger partial charge in [0, 0.05) is 12.0 Å². The van der Waals surface area contributed by atoms with Crippen molar-refractivity contribution in [1.29, 1.82) is 0 Å². The van der Waals surface area contributed by atoms with Crippen LogP contribution in [0.25, 0.3) is 0 Å². The molecule has 42 heavy (non-hydrogen) atoms. The highest BCUT2D eigenvalue weighted by Gasteiger charge is 2.39. The van der Waals surface area contributed by atoms with Crippen molar-refractivity contribution in [2.24, 2.45) is 0 Å². The number of carbonyl (C=O) groups is 3. The summed E-state index contributed by atoms with van der Waals surface area (Å²) in [5.41, 5.74) is 2.37. The Labute approximate surface area is 245 Å². The highest BCUT2D eigenvalue weighted by atomic mass is 32.2. The first-order valence-electron chi connectivity index (χ1n) is 13.1. The Kier molecular flexibility index (Phi) is 11.2. The number of amides is 1. The number of nitrogens with zero attached hydrogens (tertiary/aromatic N) is 1. The maximum absolute atomic E-state index is 13.4. The molecule has 10 nitrogen and oxygen atoms in total. The number of sulfonamides is 1. The number of esters is 1. The summed E-state index contributed by atoms with van der Waals surface area (Å²) >= 11 is 0. The highest BCUT2D eigenvalue weighted by Crippen LogP contribution is 2.22. The SMILES string of the molecule is CCOC(=O)c1ccc(OCC#Cc2ccc(CC(C(=O)O)N(C(=O)CNC)S(=O)(=O)c3ccc(C)cc3)cc2)cc1. The zero-order valence-corrected chi connectivity index (χ0v) is 24.3. The highest BCUT2D eigenvalue weighted by molar-refractivity contribution is 7.89. The molecule has 0 radical (unpaired) electrons. The van der Waals surface area contributed by atoms with E-state index in [2.05, 4.69) is 17.2 Å². The van der Waals surface area contributed by atoms with Crippen LogP contribution < -0.4 is 10.1 Å². The number of carboxylic acids is 1. The lowest BCUT2D eigenvalue weighted by Gasteiger charge is -2.28. The van der Waals surface area contributed by atoms with Crippen LogP contribution in [0.5, 0.6) is 5.75 Å². The van der Waals surface area contributed by atoms with Gasteiger partial charge in [-0.1, -0.05) is 41.7 Å². The van der Waals surface area contributed by atoms with E-state index in [0.29, 0.717) is 33.4 Å². The van der Waals surface area contributed by atoms with Crippen LogP contribution in [-0.2, 0) is 30.8 Å². The van der Waals surface area contributed by atoms with Crippen molar-refractivity contribution >= 4 is 27.9 Å². The van der Waals surface area contributed by atoms with E-state index in [-0.39, 0.29) is 24.5 Å². The van der Waals surface area contributed by atoms with Gasteiger partial charge in [0.1, 0.15) is 18.4 Å². The molecule has 0 fully saturated rings. The summed E-state index contributed by atoms with van der Waals surface area (Å²) in [6.07, 6.45) is -0.242. The number of ether oxygens (including phenoxy) is 2. The molecule has 1 atom stereocenters. The van der Waals surface area contributed by atoms with Crippen molar-refractivity contribution in [3.05, 3.63) is 95.1 Å². The van der Waals surface area contributed by atoms with Crippen molar-refractivity contribution in [3.63, 3.8) is 0 Å². The van der Waals surface area contributed by atoms with Gasteiger partial charge in [0.25, 0.3) is 15.9 Å². The summed E-state index contributed by atoms with van der Waals surface area (Å²) in [5, 5.41) is 12.6. The minimum atomic E-state index is -4.46. The van der Waals surface area contributed by atoms with E-state index in [1.54, 1.807) is 74.5 Å². The molecule has 1 amide bonds. The molecule has 0 aliphatic carbocycles. The van der Waals surface area contributed by atoms with Crippen molar-refractivity contribution in [3.8, 4) is 17.6 Å². The minimum Gasteiger partial charge on any atom is -0.481 e. The summed E-state index contributed by atoms with van der Waals surface area (Å²) in [4.78, 5) is 36.8. The van der Waals surface area contributed by atoms with Gasteiger partial charge < -0.3 is 19.9 Å². The van der Waals surface area contributed by atoms with E-state index < -0.39 is 33.9 Å². The summed E-state index contributed by atoms with van der Waals surface area (Å²) in [5.74, 6) is 3.60. The van der Waals surface area contributed by atoms with E-state index in [0.717, 1.165) is 5.56 Å². The number of hydrogen-bond donors (Lipinski definition) is 2. The molecule has 2 N–H and O–H groups in total. The predicted molar refractivity (Wildman–Crippen MR) is 155 cm³/mol. The van der Waals surface area contributed by atoms with E-state index in [4.69, 9.17) is 9.47 Å². The first-order valence-corrected chi connectivity index (χ1v) is 14.5. The standard InChI is InChI=1S/C31H32N2O8S/c1-4-40-31(37)25-13-15-26(16-14-25)41-19-5-6-23-9-11-24(12-10-23)20-28(30(35)36)33(29(34)21-32-3)42(38,39)27-17-7-22(2)8-18-27/h7-18,28,32H,4,19-21H2,1-3H3,(H,35,36). The molecule has 3 aromatic rings. The number of rotatable bonds is 12. The molecule has 0 heterocycles. The monoisotopic (exact) mass is 592 g/mol. The molecule has 0 saturated carbocycles. The molecule has 0 aliphatic rings. The van der Waals surface area contributed by atoms with Crippen LogP contribution >= 0.6 is 0 Å². The third-order valence-corrected chi connectivity index (χ3v) is 7.86. The summed E-state index contributed by atoms with van der Waals surface area (Å²) < 4.78 is 37.8. The molecule has 0 aromatic heterocycles. The minimum absolute atomic E-state index is 0.0843. The molecule has 11 heteroatoms. The number of aliphatic carboxylic acids is 1. The number of nitrogens with one attached hydrogen (secondary N) is 1. The molecule has 220 valence electrons. The molecule has 0 spiro atoms. The largest absolute Gasteiger partial charge is 0.481 e. The molecule has 0 bridgehead atoms. The Balaban J connectivity index is 1.72. The van der Waals surface area contributed by atoms with Crippen LogP contribution in [-0.4, -0.2) is 68.5 Å². The van der Waals surface area contributed by atoms with E-state index in [9.17, 15) is 27.9 Å². The average molecular weight is 593 g/mol. The molecular formula is C31H32N2O8S. The van der Waals surface area contributed by atoms with Gasteiger partial charge >= 0.3 is 11.9 Å². The second-order valence-corrected chi connectivity index (χ2v) is 10.9. The Hall–Kier alpha value is -4.66. The van der Waals surface area contributed by atoms with Gasteiger partial charge in [-0.3, -0.25) is 4.79 Å². The lowest BCUT2D eigenvalue weighted by Crippen LogP contribution is -2.52. The molecular weight excluding hydrogens is 560 g/mol. The Morgan fingerprint density at radius 1 is 0.976 bits per heavy atom. The van der Waals surface area contributed by atoms with Crippen LogP contribution in [0, 0.1) is 18.8 Å². The van der Waals surface area contributed by atoms with Crippen LogP contribution in [0.3, 0.4) is 0 Å². The number of hydrogen-bond acceptors (Lipinski definition) is 8. The van der Waals surface area contributed by atoms with Gasteiger partial charge in [-0.25, -0.2) is 22.3 Å². The van der Waals surface area contributed by atoms with Crippen molar-refractivity contribution in [2.45, 2.75) is 31.2 Å². The second-order valence-electron chi connectivity index (χ2n) is 9.13. The Morgan fingerprint density at radius 2 is 1.62 bits per heavy atom. The van der Waals surface area contributed by atoms with Crippen LogP contribution in [0.4, 0.5) is 0 Å². The first kappa shape index (κ1) is 31.9. The fourth-order valence-corrected chi connectivity index (χ4v) is 5.45. The number of carboxylic acid groups (broad SMARTS) is 1. The number of likely N-dealkylation sites (N-methyl/N-ethyl adjacent to an activating group) is 1. The third-order valence-electron chi connectivity index (χ3n) is 6.01. The smallest absolute Gasteiger partial charge is 0.338 e. The van der Waals surface area contributed by atoms with Crippen LogP contribution in [0.1, 0.15) is 34.0 Å². The van der Waals surface area contributed by atoms with Crippen molar-refractivity contribution in [1.82, 2.24) is 9.62 Å². The number of aryl methyl sites for hydroxylation is 1.